The van der Waals surface area contributed by atoms with Crippen LogP contribution >= 0.6 is 11.6 Å². The molecule has 0 saturated carbocycles. The van der Waals surface area contributed by atoms with Gasteiger partial charge in [0.2, 0.25) is 5.88 Å². The lowest BCUT2D eigenvalue weighted by atomic mass is 10.2. The molecular weight excluding hydrogens is 377 g/mol. The molecule has 2 rings (SSSR count). The highest BCUT2D eigenvalue weighted by Crippen LogP contribution is 2.26. The lowest BCUT2D eigenvalue weighted by Gasteiger charge is -2.30. The van der Waals surface area contributed by atoms with Crippen LogP contribution in [0.3, 0.4) is 0 Å². The van der Waals surface area contributed by atoms with E-state index in [-0.39, 0.29) is 23.2 Å². The molecule has 0 bridgehead atoms. The van der Waals surface area contributed by atoms with E-state index in [9.17, 15) is 18.0 Å². The van der Waals surface area contributed by atoms with Crippen LogP contribution in [-0.2, 0) is 11.3 Å². The molecule has 0 saturated heterocycles. The Morgan fingerprint density at radius 2 is 2.23 bits per heavy atom. The number of nitrogens with zero attached hydrogens (tertiary/aromatic N) is 3. The number of pyridine rings is 1. The van der Waals surface area contributed by atoms with Crippen LogP contribution in [0, 0.1) is 0 Å². The van der Waals surface area contributed by atoms with Crippen molar-refractivity contribution in [2.75, 3.05) is 13.2 Å². The number of halogens is 4. The van der Waals surface area contributed by atoms with Crippen molar-refractivity contribution in [2.24, 2.45) is 4.99 Å². The molecule has 1 atom stereocenters. The maximum absolute atomic E-state index is 12.2. The third kappa shape index (κ3) is 5.60. The summed E-state index contributed by atoms with van der Waals surface area (Å²) in [6, 6.07) is 1.44. The largest absolute Gasteiger partial charge is 0.477 e. The van der Waals surface area contributed by atoms with Crippen LogP contribution in [0.2, 0.25) is 5.02 Å². The maximum atomic E-state index is 12.2. The van der Waals surface area contributed by atoms with Gasteiger partial charge in [-0.2, -0.15) is 13.2 Å². The highest BCUT2D eigenvalue weighted by atomic mass is 35.5. The van der Waals surface area contributed by atoms with E-state index in [0.717, 1.165) is 0 Å². The molecule has 0 fully saturated rings. The second kappa shape index (κ2) is 8.37. The first-order valence-electron chi connectivity index (χ1n) is 7.52. The number of nitrogens with one attached hydrogen (secondary N) is 1. The molecule has 7 nitrogen and oxygen atoms in total. The van der Waals surface area contributed by atoms with Crippen LogP contribution in [0.5, 0.6) is 5.88 Å². The van der Waals surface area contributed by atoms with E-state index >= 15 is 0 Å². The molecule has 1 aliphatic heterocycles. The van der Waals surface area contributed by atoms with Gasteiger partial charge in [0.15, 0.2) is 12.9 Å². The average molecular weight is 393 g/mol. The van der Waals surface area contributed by atoms with E-state index < -0.39 is 25.0 Å². The lowest BCUT2D eigenvalue weighted by molar-refractivity contribution is -0.154. The summed E-state index contributed by atoms with van der Waals surface area (Å²) in [6.07, 6.45) is -0.833. The van der Waals surface area contributed by atoms with Crippen molar-refractivity contribution in [3.05, 3.63) is 35.1 Å². The van der Waals surface area contributed by atoms with Crippen LogP contribution in [-0.4, -0.2) is 52.3 Å². The minimum absolute atomic E-state index is 0.0533. The van der Waals surface area contributed by atoms with Gasteiger partial charge in [-0.3, -0.25) is 5.32 Å². The number of hydrogen-bond acceptors (Lipinski definition) is 6. The second-order valence-electron chi connectivity index (χ2n) is 5.27. The van der Waals surface area contributed by atoms with Gasteiger partial charge in [0.1, 0.15) is 10.7 Å². The predicted molar refractivity (Wildman–Crippen MR) is 88.0 cm³/mol. The van der Waals surface area contributed by atoms with Crippen molar-refractivity contribution in [1.82, 2.24) is 15.2 Å². The third-order valence-electron chi connectivity index (χ3n) is 3.21. The smallest absolute Gasteiger partial charge is 0.422 e. The third-order valence-corrected chi connectivity index (χ3v) is 3.48. The Balaban J connectivity index is 2.09. The zero-order chi connectivity index (χ0) is 19.3. The number of carbonyl (C=O) groups is 1. The van der Waals surface area contributed by atoms with Crippen molar-refractivity contribution < 1.29 is 27.8 Å². The maximum Gasteiger partial charge on any atom is 0.422 e. The topological polar surface area (TPSA) is 87.0 Å². The number of hydrogen-bond donors (Lipinski definition) is 2. The molecule has 0 aromatic carbocycles. The zero-order valence-electron chi connectivity index (χ0n) is 13.6. The Morgan fingerprint density at radius 3 is 2.81 bits per heavy atom. The molecule has 11 heteroatoms. The molecule has 0 radical (unpaired) electrons. The van der Waals surface area contributed by atoms with Crippen LogP contribution in [0.4, 0.5) is 13.2 Å². The number of aliphatic imine (C=N–C) groups is 1. The van der Waals surface area contributed by atoms with Gasteiger partial charge in [0.05, 0.1) is 0 Å². The molecule has 0 aliphatic carbocycles. The zero-order valence-corrected chi connectivity index (χ0v) is 14.4. The van der Waals surface area contributed by atoms with Crippen molar-refractivity contribution in [3.63, 3.8) is 0 Å². The quantitative estimate of drug-likeness (QED) is 0.741. The molecule has 1 aliphatic rings. The summed E-state index contributed by atoms with van der Waals surface area (Å²) >= 11 is 5.93. The average Bonchev–Trinajstić information content (AvgIpc) is 2.55. The fourth-order valence-electron chi connectivity index (χ4n) is 2.13. The van der Waals surface area contributed by atoms with Gasteiger partial charge in [-0.25, -0.2) is 14.8 Å². The molecule has 0 spiro atoms. The second-order valence-corrected chi connectivity index (χ2v) is 5.68. The van der Waals surface area contributed by atoms with Gasteiger partial charge in [0, 0.05) is 18.9 Å². The standard InChI is InChI=1S/C15H16ClF3N4O3/c1-2-20-14-22-11(13(24)25)3-4-23(14)7-9-5-10(16)12(21-6-9)26-8-15(17,18)19/h3-6,14,20H,2,7-8H2,1H3,(H,24,25). The van der Waals surface area contributed by atoms with E-state index in [1.54, 1.807) is 11.1 Å². The minimum atomic E-state index is -4.48. The SMILES string of the molecule is CCNC1N=C(C(=O)O)C=CN1Cc1cnc(OCC(F)(F)F)c(Cl)c1. The molecule has 1 unspecified atom stereocenters. The first-order valence-corrected chi connectivity index (χ1v) is 7.90. The number of aliphatic carboxylic acids is 1. The summed E-state index contributed by atoms with van der Waals surface area (Å²) < 4.78 is 41.1. The van der Waals surface area contributed by atoms with Gasteiger partial charge in [-0.05, 0) is 24.3 Å². The monoisotopic (exact) mass is 392 g/mol. The van der Waals surface area contributed by atoms with E-state index in [1.165, 1.54) is 18.3 Å². The number of aromatic nitrogens is 1. The summed E-state index contributed by atoms with van der Waals surface area (Å²) in [5.74, 6) is -1.45. The van der Waals surface area contributed by atoms with Crippen molar-refractivity contribution >= 4 is 23.3 Å². The predicted octanol–water partition coefficient (Wildman–Crippen LogP) is 2.42. The Hall–Kier alpha value is -2.33. The van der Waals surface area contributed by atoms with Crippen molar-refractivity contribution in [2.45, 2.75) is 25.9 Å². The summed E-state index contributed by atoms with van der Waals surface area (Å²) in [6.45, 7) is 1.17. The molecule has 142 valence electrons. The van der Waals surface area contributed by atoms with E-state index in [4.69, 9.17) is 16.7 Å². The molecule has 2 heterocycles. The van der Waals surface area contributed by atoms with Gasteiger partial charge < -0.3 is 14.7 Å². The summed E-state index contributed by atoms with van der Waals surface area (Å²) in [7, 11) is 0. The molecule has 26 heavy (non-hydrogen) atoms. The Bertz CT molecular complexity index is 725. The minimum Gasteiger partial charge on any atom is -0.477 e. The molecule has 2 N–H and O–H groups in total. The van der Waals surface area contributed by atoms with Gasteiger partial charge >= 0.3 is 12.1 Å². The lowest BCUT2D eigenvalue weighted by Crippen LogP contribution is -2.44. The number of carboxylic acid groups (broad SMARTS) is 1. The first kappa shape index (κ1) is 20.0. The van der Waals surface area contributed by atoms with E-state index in [0.29, 0.717) is 12.1 Å². The Kier molecular flexibility index (Phi) is 6.43. The Morgan fingerprint density at radius 1 is 1.50 bits per heavy atom. The number of ether oxygens (including phenoxy) is 1. The van der Waals surface area contributed by atoms with Crippen molar-refractivity contribution in [1.29, 1.82) is 0 Å². The highest BCUT2D eigenvalue weighted by Gasteiger charge is 2.29. The normalized spacial score (nSPS) is 17.2. The fourth-order valence-corrected chi connectivity index (χ4v) is 2.37. The summed E-state index contributed by atoms with van der Waals surface area (Å²) in [5, 5.41) is 12.0. The molecule has 1 aromatic heterocycles. The molecule has 0 amide bonds. The summed E-state index contributed by atoms with van der Waals surface area (Å²) in [5.41, 5.74) is 0.509. The number of carboxylic acids is 1. The Labute approximate surface area is 152 Å². The van der Waals surface area contributed by atoms with Crippen LogP contribution in [0.1, 0.15) is 12.5 Å². The van der Waals surface area contributed by atoms with E-state index in [1.807, 2.05) is 6.92 Å². The van der Waals surface area contributed by atoms with Crippen LogP contribution < -0.4 is 10.1 Å². The summed E-state index contributed by atoms with van der Waals surface area (Å²) in [4.78, 5) is 20.6. The fraction of sp³-hybridized carbons (Fsp3) is 0.400. The van der Waals surface area contributed by atoms with Crippen LogP contribution in [0.15, 0.2) is 29.5 Å². The molecule has 1 aromatic rings. The van der Waals surface area contributed by atoms with Gasteiger partial charge in [-0.15, -0.1) is 0 Å². The van der Waals surface area contributed by atoms with Gasteiger partial charge in [-0.1, -0.05) is 18.5 Å². The van der Waals surface area contributed by atoms with Crippen molar-refractivity contribution in [3.8, 4) is 5.88 Å². The van der Waals surface area contributed by atoms with Gasteiger partial charge in [0.25, 0.3) is 0 Å². The number of alkyl halides is 3. The van der Waals surface area contributed by atoms with E-state index in [2.05, 4.69) is 20.0 Å². The number of rotatable bonds is 7. The molecular formula is C15H16ClF3N4O3. The first-order chi connectivity index (χ1) is 12.2. The highest BCUT2D eigenvalue weighted by molar-refractivity contribution is 6.40. The van der Waals surface area contributed by atoms with Crippen LogP contribution in [0.25, 0.3) is 0 Å².